The zero-order valence-electron chi connectivity index (χ0n) is 5.66. The molecule has 0 bridgehead atoms. The van der Waals surface area contributed by atoms with Gasteiger partial charge in [-0.25, -0.2) is 0 Å². The Bertz CT molecular complexity index is 104. The first-order chi connectivity index (χ1) is 4.26. The van der Waals surface area contributed by atoms with Crippen molar-refractivity contribution in [3.05, 3.63) is 0 Å². The van der Waals surface area contributed by atoms with Gasteiger partial charge in [0.25, 0.3) is 0 Å². The van der Waals surface area contributed by atoms with E-state index in [1.807, 2.05) is 6.92 Å². The predicted molar refractivity (Wildman–Crippen MR) is 32.7 cm³/mol. The second kappa shape index (κ2) is 4.30. The second-order valence-electron chi connectivity index (χ2n) is 1.76. The molecule has 0 heterocycles. The minimum absolute atomic E-state index is 0.338. The Morgan fingerprint density at radius 3 is 2.44 bits per heavy atom. The zero-order valence-corrected chi connectivity index (χ0v) is 5.66. The van der Waals surface area contributed by atoms with Crippen molar-refractivity contribution >= 4 is 0 Å². The molecule has 0 saturated heterocycles. The summed E-state index contributed by atoms with van der Waals surface area (Å²) < 4.78 is 4.78. The van der Waals surface area contributed by atoms with Crippen LogP contribution in [0.5, 0.6) is 0 Å². The predicted octanol–water partition coefficient (Wildman–Crippen LogP) is 0.296. The molecular formula is C6H11NO2. The van der Waals surface area contributed by atoms with Gasteiger partial charge in [0.1, 0.15) is 0 Å². The Morgan fingerprint density at radius 2 is 2.33 bits per heavy atom. The van der Waals surface area contributed by atoms with E-state index in [2.05, 4.69) is 0 Å². The van der Waals surface area contributed by atoms with Crippen molar-refractivity contribution in [2.75, 3.05) is 7.11 Å². The molecular weight excluding hydrogens is 118 g/mol. The average Bonchev–Trinajstić information content (AvgIpc) is 1.90. The summed E-state index contributed by atoms with van der Waals surface area (Å²) in [7, 11) is 1.48. The molecule has 0 amide bonds. The van der Waals surface area contributed by atoms with Crippen LogP contribution in [-0.2, 0) is 4.74 Å². The number of nitriles is 1. The first kappa shape index (κ1) is 8.41. The summed E-state index contributed by atoms with van der Waals surface area (Å²) in [4.78, 5) is 0. The van der Waals surface area contributed by atoms with Gasteiger partial charge in [-0.15, -0.1) is 0 Å². The monoisotopic (exact) mass is 129 g/mol. The van der Waals surface area contributed by atoms with Crippen molar-refractivity contribution in [1.29, 1.82) is 5.26 Å². The first-order valence-electron chi connectivity index (χ1n) is 2.86. The maximum absolute atomic E-state index is 8.83. The van der Waals surface area contributed by atoms with Gasteiger partial charge in [-0.1, -0.05) is 6.92 Å². The Balaban J connectivity index is 3.67. The molecule has 0 aromatic carbocycles. The molecule has 0 spiro atoms. The van der Waals surface area contributed by atoms with E-state index >= 15 is 0 Å². The second-order valence-corrected chi connectivity index (χ2v) is 1.76. The van der Waals surface area contributed by atoms with E-state index in [9.17, 15) is 0 Å². The lowest BCUT2D eigenvalue weighted by atomic mass is 10.2. The van der Waals surface area contributed by atoms with E-state index < -0.39 is 6.10 Å². The highest BCUT2D eigenvalue weighted by Gasteiger charge is 2.14. The van der Waals surface area contributed by atoms with Crippen molar-refractivity contribution in [1.82, 2.24) is 0 Å². The standard InChI is InChI=1S/C6H11NO2/c1-3-6(9-2)5(8)4-7/h5-6,8H,3H2,1-2H3. The molecule has 0 aromatic rings. The van der Waals surface area contributed by atoms with Gasteiger partial charge in [0.05, 0.1) is 12.2 Å². The molecule has 2 unspecified atom stereocenters. The minimum Gasteiger partial charge on any atom is -0.378 e. The van der Waals surface area contributed by atoms with Gasteiger partial charge in [-0.3, -0.25) is 0 Å². The number of aliphatic hydroxyl groups excluding tert-OH is 1. The fourth-order valence-electron chi connectivity index (χ4n) is 0.602. The largest absolute Gasteiger partial charge is 0.378 e. The van der Waals surface area contributed by atoms with Crippen molar-refractivity contribution in [2.45, 2.75) is 25.6 Å². The zero-order chi connectivity index (χ0) is 7.28. The van der Waals surface area contributed by atoms with Gasteiger partial charge in [0.2, 0.25) is 0 Å². The van der Waals surface area contributed by atoms with Gasteiger partial charge >= 0.3 is 0 Å². The van der Waals surface area contributed by atoms with Crippen LogP contribution in [0.25, 0.3) is 0 Å². The molecule has 0 saturated carbocycles. The van der Waals surface area contributed by atoms with Crippen LogP contribution in [0, 0.1) is 11.3 Å². The molecule has 0 aliphatic carbocycles. The molecule has 3 heteroatoms. The molecule has 0 aliphatic rings. The summed E-state index contributed by atoms with van der Waals surface area (Å²) >= 11 is 0. The van der Waals surface area contributed by atoms with E-state index in [0.29, 0.717) is 6.42 Å². The molecule has 9 heavy (non-hydrogen) atoms. The molecule has 0 aliphatic heterocycles. The number of nitrogens with zero attached hydrogens (tertiary/aromatic N) is 1. The maximum atomic E-state index is 8.83. The molecule has 0 fully saturated rings. The van der Waals surface area contributed by atoms with Crippen molar-refractivity contribution in [3.8, 4) is 6.07 Å². The van der Waals surface area contributed by atoms with Crippen LogP contribution in [0.3, 0.4) is 0 Å². The fourth-order valence-corrected chi connectivity index (χ4v) is 0.602. The van der Waals surface area contributed by atoms with Gasteiger partial charge in [0.15, 0.2) is 6.10 Å². The third kappa shape index (κ3) is 2.45. The molecule has 1 N–H and O–H groups in total. The Kier molecular flexibility index (Phi) is 4.02. The van der Waals surface area contributed by atoms with Gasteiger partial charge in [-0.2, -0.15) is 5.26 Å². The highest BCUT2D eigenvalue weighted by Crippen LogP contribution is 2.00. The third-order valence-electron chi connectivity index (χ3n) is 1.19. The Labute approximate surface area is 54.9 Å². The Hall–Kier alpha value is -0.590. The quantitative estimate of drug-likeness (QED) is 0.557. The van der Waals surface area contributed by atoms with E-state index in [4.69, 9.17) is 15.1 Å². The fraction of sp³-hybridized carbons (Fsp3) is 0.833. The molecule has 3 nitrogen and oxygen atoms in total. The number of rotatable bonds is 3. The SMILES string of the molecule is CCC(OC)C(O)C#N. The van der Waals surface area contributed by atoms with E-state index in [1.54, 1.807) is 6.07 Å². The van der Waals surface area contributed by atoms with Crippen molar-refractivity contribution in [3.63, 3.8) is 0 Å². The number of methoxy groups -OCH3 is 1. The number of aliphatic hydroxyl groups is 1. The summed E-state index contributed by atoms with van der Waals surface area (Å²) in [5, 5.41) is 17.0. The molecule has 2 atom stereocenters. The summed E-state index contributed by atoms with van der Waals surface area (Å²) in [6, 6.07) is 1.70. The smallest absolute Gasteiger partial charge is 0.166 e. The van der Waals surface area contributed by atoms with E-state index in [-0.39, 0.29) is 6.10 Å². The topological polar surface area (TPSA) is 53.2 Å². The van der Waals surface area contributed by atoms with Gasteiger partial charge in [0, 0.05) is 7.11 Å². The summed E-state index contributed by atoms with van der Waals surface area (Å²) in [5.41, 5.74) is 0. The number of hydrogen-bond donors (Lipinski definition) is 1. The molecule has 0 radical (unpaired) electrons. The molecule has 0 rings (SSSR count). The van der Waals surface area contributed by atoms with Crippen molar-refractivity contribution in [2.24, 2.45) is 0 Å². The van der Waals surface area contributed by atoms with Crippen LogP contribution in [0.15, 0.2) is 0 Å². The number of hydrogen-bond acceptors (Lipinski definition) is 3. The highest BCUT2D eigenvalue weighted by molar-refractivity contribution is 4.87. The summed E-state index contributed by atoms with van der Waals surface area (Å²) in [6.45, 7) is 1.86. The van der Waals surface area contributed by atoms with E-state index in [1.165, 1.54) is 7.11 Å². The maximum Gasteiger partial charge on any atom is 0.166 e. The lowest BCUT2D eigenvalue weighted by Crippen LogP contribution is -2.25. The summed E-state index contributed by atoms with van der Waals surface area (Å²) in [5.74, 6) is 0. The summed E-state index contributed by atoms with van der Waals surface area (Å²) in [6.07, 6.45) is -0.666. The lowest BCUT2D eigenvalue weighted by molar-refractivity contribution is 0.0138. The molecule has 52 valence electrons. The Morgan fingerprint density at radius 1 is 1.78 bits per heavy atom. The van der Waals surface area contributed by atoms with E-state index in [0.717, 1.165) is 0 Å². The van der Waals surface area contributed by atoms with Gasteiger partial charge in [-0.05, 0) is 6.42 Å². The van der Waals surface area contributed by atoms with Crippen LogP contribution in [0.2, 0.25) is 0 Å². The van der Waals surface area contributed by atoms with Crippen LogP contribution in [0.4, 0.5) is 0 Å². The van der Waals surface area contributed by atoms with Crippen LogP contribution >= 0.6 is 0 Å². The minimum atomic E-state index is -0.986. The normalized spacial score (nSPS) is 16.2. The third-order valence-corrected chi connectivity index (χ3v) is 1.19. The first-order valence-corrected chi connectivity index (χ1v) is 2.86. The lowest BCUT2D eigenvalue weighted by Gasteiger charge is -2.12. The average molecular weight is 129 g/mol. The van der Waals surface area contributed by atoms with Crippen molar-refractivity contribution < 1.29 is 9.84 Å². The van der Waals surface area contributed by atoms with Crippen LogP contribution in [0.1, 0.15) is 13.3 Å². The van der Waals surface area contributed by atoms with Gasteiger partial charge < -0.3 is 9.84 Å². The molecule has 0 aromatic heterocycles. The van der Waals surface area contributed by atoms with Crippen LogP contribution in [-0.4, -0.2) is 24.4 Å². The number of ether oxygens (including phenoxy) is 1. The van der Waals surface area contributed by atoms with Crippen LogP contribution < -0.4 is 0 Å². The highest BCUT2D eigenvalue weighted by atomic mass is 16.5.